The van der Waals surface area contributed by atoms with E-state index in [1.54, 1.807) is 7.05 Å². The zero-order valence-electron chi connectivity index (χ0n) is 12.0. The maximum Gasteiger partial charge on any atom is 0.416 e. The molecule has 0 aliphatic carbocycles. The number of nitrogens with zero attached hydrogens (tertiary/aromatic N) is 1. The lowest BCUT2D eigenvalue weighted by atomic mass is 10.1. The van der Waals surface area contributed by atoms with Crippen molar-refractivity contribution < 1.29 is 23.1 Å². The summed E-state index contributed by atoms with van der Waals surface area (Å²) in [4.78, 5) is 16.2. The molecule has 124 valence electrons. The fraction of sp³-hybridized carbons (Fsp3) is 0.286. The van der Waals surface area contributed by atoms with E-state index in [0.717, 1.165) is 23.5 Å². The van der Waals surface area contributed by atoms with Crippen molar-refractivity contribution in [2.45, 2.75) is 12.3 Å². The second kappa shape index (κ2) is 6.97. The average Bonchev–Trinajstić information content (AvgIpc) is 3.00. The van der Waals surface area contributed by atoms with Crippen LogP contribution in [0.25, 0.3) is 0 Å². The van der Waals surface area contributed by atoms with E-state index in [1.807, 2.05) is 0 Å². The molecule has 1 aromatic carbocycles. The van der Waals surface area contributed by atoms with Crippen molar-refractivity contribution in [1.29, 1.82) is 0 Å². The molecule has 23 heavy (non-hydrogen) atoms. The van der Waals surface area contributed by atoms with E-state index in [0.29, 0.717) is 10.0 Å². The number of amides is 1. The fourth-order valence-corrected chi connectivity index (χ4v) is 2.50. The van der Waals surface area contributed by atoms with Gasteiger partial charge in [-0.2, -0.15) is 13.2 Å². The predicted octanol–water partition coefficient (Wildman–Crippen LogP) is 2.67. The first-order valence-corrected chi connectivity index (χ1v) is 7.40. The van der Waals surface area contributed by atoms with Crippen molar-refractivity contribution in [3.8, 4) is 0 Å². The van der Waals surface area contributed by atoms with Crippen LogP contribution in [0.1, 0.15) is 26.9 Å². The summed E-state index contributed by atoms with van der Waals surface area (Å²) in [6, 6.07) is 4.37. The van der Waals surface area contributed by atoms with E-state index in [2.05, 4.69) is 15.6 Å². The number of aliphatic hydroxyl groups excluding tert-OH is 1. The number of alkyl halides is 3. The maximum atomic E-state index is 12.6. The molecule has 1 aromatic heterocycles. The minimum absolute atomic E-state index is 0.0837. The molecule has 0 radical (unpaired) electrons. The van der Waals surface area contributed by atoms with Crippen LogP contribution in [0, 0.1) is 0 Å². The third-order valence-electron chi connectivity index (χ3n) is 3.00. The summed E-state index contributed by atoms with van der Waals surface area (Å²) in [5.41, 5.74) is -0.762. The van der Waals surface area contributed by atoms with Gasteiger partial charge in [0.2, 0.25) is 0 Å². The number of aliphatic hydroxyl groups is 1. The number of hydrogen-bond acceptors (Lipinski definition) is 5. The molecule has 0 aliphatic heterocycles. The Hall–Kier alpha value is -2.13. The molecule has 0 saturated carbocycles. The molecule has 5 nitrogen and oxygen atoms in total. The van der Waals surface area contributed by atoms with Gasteiger partial charge in [0.25, 0.3) is 5.91 Å². The van der Waals surface area contributed by atoms with Crippen molar-refractivity contribution >= 4 is 22.4 Å². The lowest BCUT2D eigenvalue weighted by Crippen LogP contribution is -2.27. The third-order valence-corrected chi connectivity index (χ3v) is 4.01. The molecular weight excluding hydrogens is 331 g/mol. The SMILES string of the molecule is CNc1ncc(C(=O)NCC(O)c2cccc(C(F)(F)F)c2)s1. The Kier molecular flexibility index (Phi) is 5.22. The van der Waals surface area contributed by atoms with Gasteiger partial charge in [0.15, 0.2) is 5.13 Å². The predicted molar refractivity (Wildman–Crippen MR) is 80.4 cm³/mol. The number of thiazole rings is 1. The molecule has 1 heterocycles. The van der Waals surface area contributed by atoms with Gasteiger partial charge < -0.3 is 15.7 Å². The standard InChI is InChI=1S/C14H14F3N3O2S/c1-18-13-20-7-11(23-13)12(22)19-6-10(21)8-3-2-4-9(5-8)14(15,16)17/h2-5,7,10,21H,6H2,1H3,(H,18,20)(H,19,22). The smallest absolute Gasteiger partial charge is 0.387 e. The van der Waals surface area contributed by atoms with Crippen molar-refractivity contribution in [2.75, 3.05) is 18.9 Å². The molecule has 9 heteroatoms. The maximum absolute atomic E-state index is 12.6. The Bertz CT molecular complexity index is 688. The van der Waals surface area contributed by atoms with Crippen LogP contribution < -0.4 is 10.6 Å². The van der Waals surface area contributed by atoms with Crippen LogP contribution in [0.4, 0.5) is 18.3 Å². The number of carbonyl (C=O) groups is 1. The Balaban J connectivity index is 1.99. The minimum atomic E-state index is -4.48. The van der Waals surface area contributed by atoms with Gasteiger partial charge in [0.1, 0.15) is 4.88 Å². The zero-order valence-corrected chi connectivity index (χ0v) is 12.8. The van der Waals surface area contributed by atoms with Gasteiger partial charge in [-0.15, -0.1) is 0 Å². The highest BCUT2D eigenvalue weighted by Gasteiger charge is 2.30. The number of rotatable bonds is 5. The summed E-state index contributed by atoms with van der Waals surface area (Å²) in [6.45, 7) is -0.201. The number of aromatic nitrogens is 1. The minimum Gasteiger partial charge on any atom is -0.387 e. The molecule has 0 spiro atoms. The number of halogens is 3. The molecule has 0 bridgehead atoms. The van der Waals surface area contributed by atoms with Gasteiger partial charge in [-0.1, -0.05) is 23.5 Å². The highest BCUT2D eigenvalue weighted by molar-refractivity contribution is 7.17. The summed E-state index contributed by atoms with van der Waals surface area (Å²) in [5, 5.41) is 15.8. The molecule has 0 fully saturated rings. The molecule has 1 unspecified atom stereocenters. The summed E-state index contributed by atoms with van der Waals surface area (Å²) in [6.07, 6.45) is -4.34. The van der Waals surface area contributed by atoms with Gasteiger partial charge in [-0.3, -0.25) is 4.79 Å². The van der Waals surface area contributed by atoms with Crippen molar-refractivity contribution in [2.24, 2.45) is 0 Å². The van der Waals surface area contributed by atoms with Crippen LogP contribution in [0.2, 0.25) is 0 Å². The largest absolute Gasteiger partial charge is 0.416 e. The first-order chi connectivity index (χ1) is 10.8. The van der Waals surface area contributed by atoms with Crippen molar-refractivity contribution in [3.63, 3.8) is 0 Å². The van der Waals surface area contributed by atoms with Crippen molar-refractivity contribution in [3.05, 3.63) is 46.5 Å². The second-order valence-electron chi connectivity index (χ2n) is 4.63. The summed E-state index contributed by atoms with van der Waals surface area (Å²) in [7, 11) is 1.66. The number of benzene rings is 1. The van der Waals surface area contributed by atoms with Crippen LogP contribution in [0.5, 0.6) is 0 Å². The van der Waals surface area contributed by atoms with Crippen LogP contribution in [-0.2, 0) is 6.18 Å². The lowest BCUT2D eigenvalue weighted by molar-refractivity contribution is -0.137. The zero-order chi connectivity index (χ0) is 17.0. The normalized spacial score (nSPS) is 12.7. The molecule has 3 N–H and O–H groups in total. The Labute approximate surface area is 134 Å². The molecule has 0 saturated heterocycles. The van der Waals surface area contributed by atoms with Crippen LogP contribution >= 0.6 is 11.3 Å². The van der Waals surface area contributed by atoms with Gasteiger partial charge in [-0.05, 0) is 17.7 Å². The molecule has 2 aromatic rings. The molecule has 0 aliphatic rings. The quantitative estimate of drug-likeness (QED) is 0.779. The lowest BCUT2D eigenvalue weighted by Gasteiger charge is -2.14. The average molecular weight is 345 g/mol. The monoisotopic (exact) mass is 345 g/mol. The topological polar surface area (TPSA) is 74.2 Å². The van der Waals surface area contributed by atoms with Gasteiger partial charge >= 0.3 is 6.18 Å². The van der Waals surface area contributed by atoms with Gasteiger partial charge in [0.05, 0.1) is 17.9 Å². The first kappa shape index (κ1) is 17.2. The first-order valence-electron chi connectivity index (χ1n) is 6.58. The van der Waals surface area contributed by atoms with Crippen LogP contribution in [0.3, 0.4) is 0 Å². The summed E-state index contributed by atoms with van der Waals surface area (Å²) in [5.74, 6) is -0.449. The van der Waals surface area contributed by atoms with Gasteiger partial charge in [-0.25, -0.2) is 4.98 Å². The van der Waals surface area contributed by atoms with E-state index >= 15 is 0 Å². The Morgan fingerprint density at radius 1 is 1.43 bits per heavy atom. The van der Waals surface area contributed by atoms with E-state index < -0.39 is 23.8 Å². The molecule has 2 rings (SSSR count). The van der Waals surface area contributed by atoms with Gasteiger partial charge in [0, 0.05) is 13.6 Å². The highest BCUT2D eigenvalue weighted by Crippen LogP contribution is 2.30. The van der Waals surface area contributed by atoms with E-state index in [4.69, 9.17) is 0 Å². The summed E-state index contributed by atoms with van der Waals surface area (Å²) < 4.78 is 37.9. The molecule has 1 atom stereocenters. The van der Waals surface area contributed by atoms with E-state index in [-0.39, 0.29) is 12.1 Å². The number of nitrogens with one attached hydrogen (secondary N) is 2. The van der Waals surface area contributed by atoms with E-state index in [9.17, 15) is 23.1 Å². The molecular formula is C14H14F3N3O2S. The van der Waals surface area contributed by atoms with Crippen LogP contribution in [0.15, 0.2) is 30.5 Å². The number of anilines is 1. The summed E-state index contributed by atoms with van der Waals surface area (Å²) >= 11 is 1.13. The fourth-order valence-electron chi connectivity index (χ4n) is 1.81. The molecule has 1 amide bonds. The van der Waals surface area contributed by atoms with Crippen molar-refractivity contribution in [1.82, 2.24) is 10.3 Å². The third kappa shape index (κ3) is 4.42. The highest BCUT2D eigenvalue weighted by atomic mass is 32.1. The number of hydrogen-bond donors (Lipinski definition) is 3. The van der Waals surface area contributed by atoms with Crippen LogP contribution in [-0.4, -0.2) is 29.6 Å². The van der Waals surface area contributed by atoms with E-state index in [1.165, 1.54) is 18.3 Å². The second-order valence-corrected chi connectivity index (χ2v) is 5.66. The Morgan fingerprint density at radius 2 is 2.17 bits per heavy atom. The Morgan fingerprint density at radius 3 is 2.78 bits per heavy atom. The number of carbonyl (C=O) groups excluding carboxylic acids is 1.